The summed E-state index contributed by atoms with van der Waals surface area (Å²) in [5.74, 6) is 0.568. The van der Waals surface area contributed by atoms with Crippen molar-refractivity contribution in [2.75, 3.05) is 13.1 Å². The largest absolute Gasteiger partial charge is 0.416 e. The Morgan fingerprint density at radius 2 is 1.56 bits per heavy atom. The number of amides is 3. The fraction of sp³-hybridized carbons (Fsp3) is 0.435. The smallest absolute Gasteiger partial charge is 0.352 e. The maximum Gasteiger partial charge on any atom is 0.416 e. The molecule has 0 atom stereocenters. The van der Waals surface area contributed by atoms with Gasteiger partial charge in [0.1, 0.15) is 0 Å². The zero-order valence-corrected chi connectivity index (χ0v) is 17.6. The number of nitrogens with one attached hydrogen (secondary N) is 3. The molecule has 0 bridgehead atoms. The monoisotopic (exact) mass is 448 g/mol. The van der Waals surface area contributed by atoms with E-state index in [2.05, 4.69) is 20.9 Å². The number of hydrogen-bond acceptors (Lipinski definition) is 3. The SMILES string of the molecule is O=C(NCc1ccccc1C(F)(F)F)NCC1CCC(CNC(=O)c2cccnc2)CC1. The van der Waals surface area contributed by atoms with Gasteiger partial charge in [0.25, 0.3) is 5.91 Å². The van der Waals surface area contributed by atoms with E-state index < -0.39 is 17.8 Å². The predicted octanol–water partition coefficient (Wildman–Crippen LogP) is 4.14. The van der Waals surface area contributed by atoms with Crippen LogP contribution in [0, 0.1) is 11.8 Å². The van der Waals surface area contributed by atoms with Crippen LogP contribution in [0.25, 0.3) is 0 Å². The lowest BCUT2D eigenvalue weighted by Gasteiger charge is -2.28. The molecule has 0 spiro atoms. The molecule has 3 N–H and O–H groups in total. The summed E-state index contributed by atoms with van der Waals surface area (Å²) in [5.41, 5.74) is -0.174. The number of nitrogens with zero attached hydrogens (tertiary/aromatic N) is 1. The van der Waals surface area contributed by atoms with E-state index in [1.54, 1.807) is 18.3 Å². The number of alkyl halides is 3. The molecule has 1 fully saturated rings. The summed E-state index contributed by atoms with van der Waals surface area (Å²) in [7, 11) is 0. The highest BCUT2D eigenvalue weighted by atomic mass is 19.4. The Bertz CT molecular complexity index is 898. The number of carbonyl (C=O) groups excluding carboxylic acids is 2. The van der Waals surface area contributed by atoms with E-state index in [0.717, 1.165) is 31.7 Å². The highest BCUT2D eigenvalue weighted by Crippen LogP contribution is 2.31. The number of aromatic nitrogens is 1. The van der Waals surface area contributed by atoms with Crippen molar-refractivity contribution in [1.29, 1.82) is 0 Å². The van der Waals surface area contributed by atoms with Crippen LogP contribution in [-0.4, -0.2) is 30.0 Å². The van der Waals surface area contributed by atoms with Gasteiger partial charge in [0, 0.05) is 32.0 Å². The molecule has 1 heterocycles. The molecular formula is C23H27F3N4O2. The molecule has 1 saturated carbocycles. The van der Waals surface area contributed by atoms with Crippen molar-refractivity contribution >= 4 is 11.9 Å². The Morgan fingerprint density at radius 3 is 2.19 bits per heavy atom. The third-order valence-corrected chi connectivity index (χ3v) is 5.75. The zero-order valence-electron chi connectivity index (χ0n) is 17.6. The Morgan fingerprint density at radius 1 is 0.906 bits per heavy atom. The van der Waals surface area contributed by atoms with Gasteiger partial charge in [-0.25, -0.2) is 4.79 Å². The van der Waals surface area contributed by atoms with Gasteiger partial charge in [0.15, 0.2) is 0 Å². The number of hydrogen-bond donors (Lipinski definition) is 3. The van der Waals surface area contributed by atoms with Crippen molar-refractivity contribution in [3.63, 3.8) is 0 Å². The minimum Gasteiger partial charge on any atom is -0.352 e. The first kappa shape index (κ1) is 23.6. The summed E-state index contributed by atoms with van der Waals surface area (Å²) in [5, 5.41) is 8.21. The molecule has 0 radical (unpaired) electrons. The molecule has 3 amide bonds. The number of benzene rings is 1. The number of halogens is 3. The van der Waals surface area contributed by atoms with Crippen LogP contribution in [0.5, 0.6) is 0 Å². The lowest BCUT2D eigenvalue weighted by molar-refractivity contribution is -0.138. The van der Waals surface area contributed by atoms with Gasteiger partial charge in [0.2, 0.25) is 0 Å². The summed E-state index contributed by atoms with van der Waals surface area (Å²) in [6, 6.07) is 8.17. The average Bonchev–Trinajstić information content (AvgIpc) is 2.80. The second-order valence-electron chi connectivity index (χ2n) is 8.06. The van der Waals surface area contributed by atoms with E-state index in [-0.39, 0.29) is 18.0 Å². The van der Waals surface area contributed by atoms with Crippen LogP contribution in [0.1, 0.15) is 47.2 Å². The van der Waals surface area contributed by atoms with Crippen molar-refractivity contribution in [1.82, 2.24) is 20.9 Å². The topological polar surface area (TPSA) is 83.1 Å². The van der Waals surface area contributed by atoms with Gasteiger partial charge in [-0.1, -0.05) is 18.2 Å². The van der Waals surface area contributed by atoms with Gasteiger partial charge in [-0.15, -0.1) is 0 Å². The van der Waals surface area contributed by atoms with Crippen LogP contribution in [0.15, 0.2) is 48.8 Å². The maximum atomic E-state index is 13.0. The average molecular weight is 448 g/mol. The van der Waals surface area contributed by atoms with Crippen LogP contribution >= 0.6 is 0 Å². The minimum atomic E-state index is -4.45. The molecule has 0 unspecified atom stereocenters. The fourth-order valence-electron chi connectivity index (χ4n) is 3.90. The van der Waals surface area contributed by atoms with E-state index in [4.69, 9.17) is 0 Å². The quantitative estimate of drug-likeness (QED) is 0.596. The summed E-state index contributed by atoms with van der Waals surface area (Å²) >= 11 is 0. The van der Waals surface area contributed by atoms with Crippen LogP contribution in [0.3, 0.4) is 0 Å². The van der Waals surface area contributed by atoms with Crippen molar-refractivity contribution in [2.24, 2.45) is 11.8 Å². The zero-order chi connectivity index (χ0) is 23.0. The summed E-state index contributed by atoms with van der Waals surface area (Å²) in [6.45, 7) is 0.888. The molecule has 6 nitrogen and oxygen atoms in total. The normalized spacial score (nSPS) is 18.6. The third kappa shape index (κ3) is 6.96. The fourth-order valence-corrected chi connectivity index (χ4v) is 3.90. The van der Waals surface area contributed by atoms with Crippen LogP contribution in [-0.2, 0) is 12.7 Å². The van der Waals surface area contributed by atoms with Crippen molar-refractivity contribution in [3.8, 4) is 0 Å². The summed E-state index contributed by atoms with van der Waals surface area (Å²) in [4.78, 5) is 28.1. The van der Waals surface area contributed by atoms with Gasteiger partial charge in [-0.05, 0) is 61.3 Å². The van der Waals surface area contributed by atoms with Crippen LogP contribution in [0.4, 0.5) is 18.0 Å². The molecule has 3 rings (SSSR count). The van der Waals surface area contributed by atoms with E-state index in [0.29, 0.717) is 30.5 Å². The Kier molecular flexibility index (Phi) is 8.08. The molecule has 0 saturated heterocycles. The molecule has 1 aromatic heterocycles. The molecule has 2 aromatic rings. The molecular weight excluding hydrogens is 421 g/mol. The van der Waals surface area contributed by atoms with Crippen molar-refractivity contribution < 1.29 is 22.8 Å². The second kappa shape index (κ2) is 11.0. The van der Waals surface area contributed by atoms with Gasteiger partial charge >= 0.3 is 12.2 Å². The lowest BCUT2D eigenvalue weighted by atomic mass is 9.82. The Hall–Kier alpha value is -3.10. The lowest BCUT2D eigenvalue weighted by Crippen LogP contribution is -2.39. The molecule has 1 aliphatic carbocycles. The number of rotatable bonds is 7. The van der Waals surface area contributed by atoms with E-state index >= 15 is 0 Å². The summed E-state index contributed by atoms with van der Waals surface area (Å²) in [6.07, 6.45) is 2.43. The summed E-state index contributed by atoms with van der Waals surface area (Å²) < 4.78 is 39.1. The van der Waals surface area contributed by atoms with E-state index in [1.807, 2.05) is 0 Å². The van der Waals surface area contributed by atoms with Crippen molar-refractivity contribution in [3.05, 3.63) is 65.5 Å². The first-order valence-corrected chi connectivity index (χ1v) is 10.7. The van der Waals surface area contributed by atoms with Gasteiger partial charge in [-0.3, -0.25) is 9.78 Å². The highest BCUT2D eigenvalue weighted by molar-refractivity contribution is 5.93. The first-order chi connectivity index (χ1) is 15.3. The third-order valence-electron chi connectivity index (χ3n) is 5.75. The van der Waals surface area contributed by atoms with Gasteiger partial charge in [0.05, 0.1) is 11.1 Å². The Labute approximate surface area is 185 Å². The van der Waals surface area contributed by atoms with E-state index in [1.165, 1.54) is 24.4 Å². The minimum absolute atomic E-state index is 0.0315. The molecule has 1 aromatic carbocycles. The maximum absolute atomic E-state index is 13.0. The van der Waals surface area contributed by atoms with Gasteiger partial charge < -0.3 is 16.0 Å². The molecule has 32 heavy (non-hydrogen) atoms. The van der Waals surface area contributed by atoms with Crippen molar-refractivity contribution in [2.45, 2.75) is 38.4 Å². The van der Waals surface area contributed by atoms with Crippen LogP contribution < -0.4 is 16.0 Å². The number of pyridine rings is 1. The van der Waals surface area contributed by atoms with E-state index in [9.17, 15) is 22.8 Å². The molecule has 9 heteroatoms. The predicted molar refractivity (Wildman–Crippen MR) is 114 cm³/mol. The Balaban J connectivity index is 1.34. The van der Waals surface area contributed by atoms with Crippen LogP contribution in [0.2, 0.25) is 0 Å². The van der Waals surface area contributed by atoms with Gasteiger partial charge in [-0.2, -0.15) is 13.2 Å². The standard InChI is InChI=1S/C23H27F3N4O2/c24-23(25,26)20-6-2-1-4-18(20)15-30-22(32)29-13-17-9-7-16(8-10-17)12-28-21(31)19-5-3-11-27-14-19/h1-6,11,14,16-17H,7-10,12-13,15H2,(H,28,31)(H2,29,30,32). The molecule has 1 aliphatic rings. The second-order valence-corrected chi connectivity index (χ2v) is 8.06. The molecule has 172 valence electrons. The first-order valence-electron chi connectivity index (χ1n) is 10.7. The number of carbonyl (C=O) groups is 2. The molecule has 0 aliphatic heterocycles. The number of urea groups is 1. The highest BCUT2D eigenvalue weighted by Gasteiger charge is 2.32.